The Morgan fingerprint density at radius 3 is 2.15 bits per heavy atom. The molecule has 0 amide bonds. The van der Waals surface area contributed by atoms with Gasteiger partial charge in [-0.1, -0.05) is 12.1 Å². The van der Waals surface area contributed by atoms with Gasteiger partial charge in [-0.15, -0.1) is 0 Å². The second-order valence-corrected chi connectivity index (χ2v) is 7.54. The Balaban J connectivity index is 1.72. The number of rotatable bonds is 6. The summed E-state index contributed by atoms with van der Waals surface area (Å²) in [5.41, 5.74) is 5.43. The van der Waals surface area contributed by atoms with Crippen LogP contribution in [0.2, 0.25) is 0 Å². The van der Waals surface area contributed by atoms with Crippen molar-refractivity contribution >= 4 is 0 Å². The molecule has 0 fully saturated rings. The summed E-state index contributed by atoms with van der Waals surface area (Å²) in [7, 11) is 6.44. The summed E-state index contributed by atoms with van der Waals surface area (Å²) in [6.07, 6.45) is -0.445. The van der Waals surface area contributed by atoms with E-state index in [4.69, 9.17) is 23.7 Å². The second-order valence-electron chi connectivity index (χ2n) is 7.54. The van der Waals surface area contributed by atoms with Crippen LogP contribution < -0.4 is 23.7 Å². The van der Waals surface area contributed by atoms with Crippen molar-refractivity contribution in [3.63, 3.8) is 0 Å². The fourth-order valence-electron chi connectivity index (χ4n) is 4.23. The molecule has 0 radical (unpaired) electrons. The molecule has 33 heavy (non-hydrogen) atoms. The van der Waals surface area contributed by atoms with E-state index in [9.17, 15) is 0 Å². The molecule has 7 nitrogen and oxygen atoms in total. The fourth-order valence-corrected chi connectivity index (χ4v) is 4.23. The molecule has 0 aliphatic carbocycles. The number of hydrogen-bond acceptors (Lipinski definition) is 6. The number of para-hydroxylation sites is 1. The Morgan fingerprint density at radius 2 is 1.52 bits per heavy atom. The number of nitrogens with one attached hydrogen (secondary N) is 1. The third-order valence-electron chi connectivity index (χ3n) is 5.82. The standard InChI is InChI=1S/C26H24N2O5/c1-29-17-11-9-15(10-12-17)23-22-24(28-27-23)18-7-5-6-8-19(18)33-25(22)16-13-20(30-2)26(32-4)21(14-16)31-3/h5-14,25H,1-4H3,(H,27,28). The SMILES string of the molecule is COc1ccc(-c2n[nH]c3c2C(c2cc(OC)c(OC)c(OC)c2)Oc2ccccc2-3)cc1. The van der Waals surface area contributed by atoms with E-state index in [1.165, 1.54) is 0 Å². The minimum atomic E-state index is -0.445. The molecule has 1 aliphatic heterocycles. The Labute approximate surface area is 191 Å². The number of ether oxygens (including phenoxy) is 5. The van der Waals surface area contributed by atoms with Gasteiger partial charge in [-0.25, -0.2) is 0 Å². The van der Waals surface area contributed by atoms with Gasteiger partial charge in [0.15, 0.2) is 17.6 Å². The van der Waals surface area contributed by atoms with E-state index >= 15 is 0 Å². The van der Waals surface area contributed by atoms with Gasteiger partial charge in [-0.3, -0.25) is 5.10 Å². The lowest BCUT2D eigenvalue weighted by Crippen LogP contribution is -2.16. The number of nitrogens with zero attached hydrogens (tertiary/aromatic N) is 1. The van der Waals surface area contributed by atoms with Gasteiger partial charge in [0, 0.05) is 16.7 Å². The van der Waals surface area contributed by atoms with Gasteiger partial charge < -0.3 is 23.7 Å². The zero-order valence-corrected chi connectivity index (χ0v) is 18.8. The van der Waals surface area contributed by atoms with Crippen LogP contribution in [0.1, 0.15) is 17.2 Å². The predicted molar refractivity (Wildman–Crippen MR) is 125 cm³/mol. The van der Waals surface area contributed by atoms with Crippen LogP contribution in [0.5, 0.6) is 28.7 Å². The number of H-pyrrole nitrogens is 1. The van der Waals surface area contributed by atoms with E-state index in [0.717, 1.165) is 45.1 Å². The van der Waals surface area contributed by atoms with Crippen molar-refractivity contribution in [3.05, 3.63) is 71.8 Å². The molecule has 1 N–H and O–H groups in total. The molecule has 0 bridgehead atoms. The maximum absolute atomic E-state index is 6.55. The fraction of sp³-hybridized carbons (Fsp3) is 0.192. The maximum Gasteiger partial charge on any atom is 0.203 e. The molecule has 7 heteroatoms. The summed E-state index contributed by atoms with van der Waals surface area (Å²) < 4.78 is 28.6. The average molecular weight is 444 g/mol. The molecule has 2 heterocycles. The topological polar surface area (TPSA) is 74.8 Å². The Kier molecular flexibility index (Phi) is 5.30. The van der Waals surface area contributed by atoms with E-state index in [1.54, 1.807) is 28.4 Å². The lowest BCUT2D eigenvalue weighted by atomic mass is 9.91. The van der Waals surface area contributed by atoms with Gasteiger partial charge >= 0.3 is 0 Å². The predicted octanol–water partition coefficient (Wildman–Crippen LogP) is 5.26. The molecular formula is C26H24N2O5. The van der Waals surface area contributed by atoms with Gasteiger partial charge in [0.1, 0.15) is 11.5 Å². The number of aromatic nitrogens is 2. The molecule has 1 aromatic heterocycles. The largest absolute Gasteiger partial charge is 0.497 e. The van der Waals surface area contributed by atoms with Crippen molar-refractivity contribution in [1.29, 1.82) is 0 Å². The van der Waals surface area contributed by atoms with Gasteiger partial charge in [-0.05, 0) is 48.5 Å². The monoisotopic (exact) mass is 444 g/mol. The Morgan fingerprint density at radius 1 is 0.818 bits per heavy atom. The highest BCUT2D eigenvalue weighted by molar-refractivity contribution is 5.80. The first-order valence-corrected chi connectivity index (χ1v) is 10.5. The molecule has 0 spiro atoms. The summed E-state index contributed by atoms with van der Waals surface area (Å²) in [4.78, 5) is 0. The number of methoxy groups -OCH3 is 4. The Hall–Kier alpha value is -4.13. The highest BCUT2D eigenvalue weighted by atomic mass is 16.5. The smallest absolute Gasteiger partial charge is 0.203 e. The molecule has 0 saturated heterocycles. The van der Waals surface area contributed by atoms with Crippen LogP contribution in [0.25, 0.3) is 22.5 Å². The molecule has 1 unspecified atom stereocenters. The van der Waals surface area contributed by atoms with Crippen LogP contribution in [-0.2, 0) is 0 Å². The molecular weight excluding hydrogens is 420 g/mol. The lowest BCUT2D eigenvalue weighted by molar-refractivity contribution is 0.242. The van der Waals surface area contributed by atoms with Gasteiger partial charge in [0.25, 0.3) is 0 Å². The molecule has 4 aromatic rings. The third-order valence-corrected chi connectivity index (χ3v) is 5.82. The van der Waals surface area contributed by atoms with Crippen LogP contribution in [-0.4, -0.2) is 38.6 Å². The highest BCUT2D eigenvalue weighted by Crippen LogP contribution is 2.49. The summed E-state index contributed by atoms with van der Waals surface area (Å²) in [6, 6.07) is 19.6. The van der Waals surface area contributed by atoms with Crippen LogP contribution in [0.3, 0.4) is 0 Å². The van der Waals surface area contributed by atoms with Crippen molar-refractivity contribution in [2.45, 2.75) is 6.10 Å². The third kappa shape index (κ3) is 3.42. The first-order chi connectivity index (χ1) is 16.2. The van der Waals surface area contributed by atoms with E-state index in [2.05, 4.69) is 10.2 Å². The van der Waals surface area contributed by atoms with E-state index < -0.39 is 6.10 Å². The first kappa shape index (κ1) is 20.8. The Bertz CT molecular complexity index is 1270. The van der Waals surface area contributed by atoms with Gasteiger partial charge in [0.05, 0.1) is 45.4 Å². The minimum Gasteiger partial charge on any atom is -0.497 e. The lowest BCUT2D eigenvalue weighted by Gasteiger charge is -2.28. The van der Waals surface area contributed by atoms with Crippen LogP contribution in [0.15, 0.2) is 60.7 Å². The number of fused-ring (bicyclic) bond motifs is 3. The maximum atomic E-state index is 6.55. The molecule has 5 rings (SSSR count). The first-order valence-electron chi connectivity index (χ1n) is 10.5. The van der Waals surface area contributed by atoms with Crippen molar-refractivity contribution in [2.75, 3.05) is 28.4 Å². The second kappa shape index (κ2) is 8.43. The highest BCUT2D eigenvalue weighted by Gasteiger charge is 2.34. The minimum absolute atomic E-state index is 0.445. The number of aromatic amines is 1. The molecule has 0 saturated carbocycles. The van der Waals surface area contributed by atoms with Gasteiger partial charge in [0.2, 0.25) is 5.75 Å². The normalized spacial score (nSPS) is 14.0. The molecule has 1 atom stereocenters. The van der Waals surface area contributed by atoms with E-state index in [1.807, 2.05) is 60.7 Å². The zero-order chi connectivity index (χ0) is 22.9. The van der Waals surface area contributed by atoms with Crippen LogP contribution in [0, 0.1) is 0 Å². The molecule has 3 aromatic carbocycles. The zero-order valence-electron chi connectivity index (χ0n) is 18.8. The van der Waals surface area contributed by atoms with Crippen molar-refractivity contribution in [2.24, 2.45) is 0 Å². The number of benzene rings is 3. The molecule has 1 aliphatic rings. The van der Waals surface area contributed by atoms with E-state index in [0.29, 0.717) is 17.2 Å². The summed E-state index contributed by atoms with van der Waals surface area (Å²) in [5.74, 6) is 3.21. The number of hydrogen-bond donors (Lipinski definition) is 1. The van der Waals surface area contributed by atoms with Crippen molar-refractivity contribution < 1.29 is 23.7 Å². The quantitative estimate of drug-likeness (QED) is 0.437. The van der Waals surface area contributed by atoms with Crippen molar-refractivity contribution in [1.82, 2.24) is 10.2 Å². The molecule has 168 valence electrons. The van der Waals surface area contributed by atoms with E-state index in [-0.39, 0.29) is 0 Å². The average Bonchev–Trinajstić information content (AvgIpc) is 3.33. The summed E-state index contributed by atoms with van der Waals surface area (Å²) >= 11 is 0. The van der Waals surface area contributed by atoms with Crippen molar-refractivity contribution in [3.8, 4) is 51.3 Å². The summed E-state index contributed by atoms with van der Waals surface area (Å²) in [6.45, 7) is 0. The van der Waals surface area contributed by atoms with Gasteiger partial charge in [-0.2, -0.15) is 5.10 Å². The van der Waals surface area contributed by atoms with Crippen LogP contribution >= 0.6 is 0 Å². The summed E-state index contributed by atoms with van der Waals surface area (Å²) in [5, 5.41) is 7.92. The van der Waals surface area contributed by atoms with Crippen LogP contribution in [0.4, 0.5) is 0 Å².